The summed E-state index contributed by atoms with van der Waals surface area (Å²) in [7, 11) is 0. The van der Waals surface area contributed by atoms with E-state index in [0.717, 1.165) is 0 Å². The van der Waals surface area contributed by atoms with Crippen LogP contribution in [-0.2, 0) is 19.1 Å². The van der Waals surface area contributed by atoms with Gasteiger partial charge in [0.15, 0.2) is 5.82 Å². The summed E-state index contributed by atoms with van der Waals surface area (Å²) >= 11 is 0. The molecule has 120 valence electrons. The molecular formula is C14H19N3O5. The first-order valence-corrected chi connectivity index (χ1v) is 7.21. The Morgan fingerprint density at radius 1 is 1.50 bits per heavy atom. The molecule has 1 unspecified atom stereocenters. The molecule has 0 aliphatic carbocycles. The van der Waals surface area contributed by atoms with Crippen LogP contribution in [0.25, 0.3) is 0 Å². The molecule has 0 radical (unpaired) electrons. The van der Waals surface area contributed by atoms with Gasteiger partial charge in [-0.3, -0.25) is 19.7 Å². The Hall–Kier alpha value is -2.38. The monoisotopic (exact) mass is 309 g/mol. The number of anilines is 1. The Morgan fingerprint density at radius 3 is 2.91 bits per heavy atom. The van der Waals surface area contributed by atoms with Crippen LogP contribution in [0.3, 0.4) is 0 Å². The summed E-state index contributed by atoms with van der Waals surface area (Å²) in [5, 5.41) is 5.98. The first kappa shape index (κ1) is 16.0. The normalized spacial score (nSPS) is 17.9. The molecule has 0 bridgehead atoms. The minimum Gasteiger partial charge on any atom is -0.466 e. The van der Waals surface area contributed by atoms with Gasteiger partial charge in [-0.1, -0.05) is 5.16 Å². The zero-order valence-electron chi connectivity index (χ0n) is 12.6. The van der Waals surface area contributed by atoms with Gasteiger partial charge in [0, 0.05) is 19.2 Å². The van der Waals surface area contributed by atoms with Crippen LogP contribution in [0, 0.1) is 12.8 Å². The average molecular weight is 309 g/mol. The highest BCUT2D eigenvalue weighted by molar-refractivity contribution is 6.39. The van der Waals surface area contributed by atoms with Gasteiger partial charge in [0.1, 0.15) is 5.76 Å². The number of rotatable bonds is 3. The molecule has 1 atom stereocenters. The lowest BCUT2D eigenvalue weighted by Crippen LogP contribution is -2.47. The van der Waals surface area contributed by atoms with Crippen molar-refractivity contribution in [1.82, 2.24) is 10.1 Å². The molecular weight excluding hydrogens is 290 g/mol. The van der Waals surface area contributed by atoms with Crippen LogP contribution in [0.15, 0.2) is 10.6 Å². The standard InChI is InChI=1S/C14H19N3O5/c1-3-21-14(20)10-5-4-6-17(8-10)13(19)12(18)15-11-7-9(2)22-16-11/h7,10H,3-6,8H2,1-2H3,(H,15,16,18). The molecule has 8 heteroatoms. The number of ether oxygens (including phenoxy) is 1. The summed E-state index contributed by atoms with van der Waals surface area (Å²) < 4.78 is 9.78. The predicted octanol–water partition coefficient (Wildman–Crippen LogP) is 0.723. The summed E-state index contributed by atoms with van der Waals surface area (Å²) in [6.45, 7) is 4.36. The number of hydrogen-bond acceptors (Lipinski definition) is 6. The third-order valence-electron chi connectivity index (χ3n) is 3.39. The quantitative estimate of drug-likeness (QED) is 0.652. The molecule has 2 rings (SSSR count). The molecule has 1 aliphatic rings. The van der Waals surface area contributed by atoms with E-state index >= 15 is 0 Å². The van der Waals surface area contributed by atoms with E-state index in [1.54, 1.807) is 13.8 Å². The van der Waals surface area contributed by atoms with Gasteiger partial charge < -0.3 is 14.2 Å². The Kier molecular flexibility index (Phi) is 5.13. The van der Waals surface area contributed by atoms with E-state index in [0.29, 0.717) is 31.8 Å². The van der Waals surface area contributed by atoms with Gasteiger partial charge in [-0.05, 0) is 26.7 Å². The van der Waals surface area contributed by atoms with Gasteiger partial charge in [0.05, 0.1) is 12.5 Å². The fraction of sp³-hybridized carbons (Fsp3) is 0.571. The van der Waals surface area contributed by atoms with Crippen molar-refractivity contribution in [1.29, 1.82) is 0 Å². The molecule has 1 N–H and O–H groups in total. The molecule has 8 nitrogen and oxygen atoms in total. The van der Waals surface area contributed by atoms with Crippen molar-refractivity contribution in [3.63, 3.8) is 0 Å². The van der Waals surface area contributed by atoms with E-state index in [-0.39, 0.29) is 24.2 Å². The van der Waals surface area contributed by atoms with Crippen molar-refractivity contribution < 1.29 is 23.6 Å². The highest BCUT2D eigenvalue weighted by Gasteiger charge is 2.32. The summed E-state index contributed by atoms with van der Waals surface area (Å²) in [4.78, 5) is 37.2. The minimum absolute atomic E-state index is 0.190. The number of hydrogen-bond donors (Lipinski definition) is 1. The third kappa shape index (κ3) is 3.84. The number of aromatic nitrogens is 1. The van der Waals surface area contributed by atoms with Crippen LogP contribution < -0.4 is 5.32 Å². The molecule has 2 amide bonds. The second-order valence-electron chi connectivity index (χ2n) is 5.12. The highest BCUT2D eigenvalue weighted by atomic mass is 16.5. The van der Waals surface area contributed by atoms with Gasteiger partial charge in [-0.2, -0.15) is 0 Å². The first-order valence-electron chi connectivity index (χ1n) is 7.21. The highest BCUT2D eigenvalue weighted by Crippen LogP contribution is 2.18. The molecule has 0 saturated carbocycles. The average Bonchev–Trinajstić information content (AvgIpc) is 2.92. The summed E-state index contributed by atoms with van der Waals surface area (Å²) in [5.41, 5.74) is 0. The van der Waals surface area contributed by atoms with Crippen molar-refractivity contribution in [2.45, 2.75) is 26.7 Å². The van der Waals surface area contributed by atoms with Crippen molar-refractivity contribution >= 4 is 23.6 Å². The number of aryl methyl sites for hydroxylation is 1. The van der Waals surface area contributed by atoms with Crippen LogP contribution in [-0.4, -0.2) is 47.5 Å². The smallest absolute Gasteiger partial charge is 0.315 e. The zero-order valence-corrected chi connectivity index (χ0v) is 12.6. The topological polar surface area (TPSA) is 102 Å². The van der Waals surface area contributed by atoms with Crippen molar-refractivity contribution in [3.8, 4) is 0 Å². The maximum Gasteiger partial charge on any atom is 0.315 e. The number of nitrogens with zero attached hydrogens (tertiary/aromatic N) is 2. The number of carbonyl (C=O) groups is 3. The number of likely N-dealkylation sites (tertiary alicyclic amines) is 1. The van der Waals surface area contributed by atoms with Crippen LogP contribution >= 0.6 is 0 Å². The van der Waals surface area contributed by atoms with E-state index in [1.807, 2.05) is 0 Å². The van der Waals surface area contributed by atoms with Crippen molar-refractivity contribution in [3.05, 3.63) is 11.8 Å². The lowest BCUT2D eigenvalue weighted by atomic mass is 9.98. The fourth-order valence-corrected chi connectivity index (χ4v) is 2.35. The third-order valence-corrected chi connectivity index (χ3v) is 3.39. The van der Waals surface area contributed by atoms with Gasteiger partial charge >= 0.3 is 17.8 Å². The predicted molar refractivity (Wildman–Crippen MR) is 75.8 cm³/mol. The summed E-state index contributed by atoms with van der Waals surface area (Å²) in [6, 6.07) is 1.52. The van der Waals surface area contributed by atoms with Gasteiger partial charge in [-0.25, -0.2) is 0 Å². The largest absolute Gasteiger partial charge is 0.466 e. The lowest BCUT2D eigenvalue weighted by molar-refractivity contribution is -0.153. The van der Waals surface area contributed by atoms with Crippen LogP contribution in [0.5, 0.6) is 0 Å². The van der Waals surface area contributed by atoms with Gasteiger partial charge in [-0.15, -0.1) is 0 Å². The Bertz CT molecular complexity index is 569. The molecule has 1 aromatic rings. The van der Waals surface area contributed by atoms with E-state index in [4.69, 9.17) is 9.26 Å². The van der Waals surface area contributed by atoms with E-state index in [2.05, 4.69) is 10.5 Å². The molecule has 1 aliphatic heterocycles. The fourth-order valence-electron chi connectivity index (χ4n) is 2.35. The van der Waals surface area contributed by atoms with Crippen LogP contribution in [0.2, 0.25) is 0 Å². The maximum absolute atomic E-state index is 12.1. The molecule has 0 aromatic carbocycles. The zero-order chi connectivity index (χ0) is 16.1. The minimum atomic E-state index is -0.794. The number of piperidine rings is 1. The van der Waals surface area contributed by atoms with Crippen molar-refractivity contribution in [2.24, 2.45) is 5.92 Å². The summed E-state index contributed by atoms with van der Waals surface area (Å²) in [6.07, 6.45) is 1.32. The first-order chi connectivity index (χ1) is 10.5. The number of nitrogens with one attached hydrogen (secondary N) is 1. The molecule has 1 fully saturated rings. The Morgan fingerprint density at radius 2 is 2.27 bits per heavy atom. The number of carbonyl (C=O) groups excluding carboxylic acids is 3. The second-order valence-corrected chi connectivity index (χ2v) is 5.12. The van der Waals surface area contributed by atoms with Gasteiger partial charge in [0.25, 0.3) is 0 Å². The molecule has 1 aromatic heterocycles. The Balaban J connectivity index is 1.93. The Labute approximate surface area is 127 Å². The SMILES string of the molecule is CCOC(=O)C1CCCN(C(=O)C(=O)Nc2cc(C)on2)C1. The molecule has 0 spiro atoms. The lowest BCUT2D eigenvalue weighted by Gasteiger charge is -2.30. The molecule has 22 heavy (non-hydrogen) atoms. The van der Waals surface area contributed by atoms with Gasteiger partial charge in [0.2, 0.25) is 0 Å². The molecule has 2 heterocycles. The van der Waals surface area contributed by atoms with E-state index < -0.39 is 11.8 Å². The number of amides is 2. The van der Waals surface area contributed by atoms with E-state index in [1.165, 1.54) is 11.0 Å². The van der Waals surface area contributed by atoms with Crippen LogP contribution in [0.1, 0.15) is 25.5 Å². The van der Waals surface area contributed by atoms with Crippen molar-refractivity contribution in [2.75, 3.05) is 25.0 Å². The molecule has 1 saturated heterocycles. The van der Waals surface area contributed by atoms with E-state index in [9.17, 15) is 14.4 Å². The maximum atomic E-state index is 12.1. The number of esters is 1. The van der Waals surface area contributed by atoms with Crippen LogP contribution in [0.4, 0.5) is 5.82 Å². The summed E-state index contributed by atoms with van der Waals surface area (Å²) in [5.74, 6) is -1.46. The second kappa shape index (κ2) is 7.06.